The molecule has 23 heavy (non-hydrogen) atoms. The van der Waals surface area contributed by atoms with Crippen LogP contribution in [-0.4, -0.2) is 12.5 Å². The van der Waals surface area contributed by atoms with E-state index in [-0.39, 0.29) is 5.91 Å². The van der Waals surface area contributed by atoms with E-state index in [1.54, 1.807) is 30.3 Å². The molecule has 0 saturated heterocycles. The quantitative estimate of drug-likeness (QED) is 0.546. The number of carbonyl (C=O) groups excluding carboxylic acids is 1. The van der Waals surface area contributed by atoms with Gasteiger partial charge < -0.3 is 10.1 Å². The highest BCUT2D eigenvalue weighted by molar-refractivity contribution is 9.10. The molecule has 0 aliphatic heterocycles. The first-order valence-electron chi connectivity index (χ1n) is 6.78. The van der Waals surface area contributed by atoms with E-state index in [1.807, 2.05) is 6.07 Å². The average Bonchev–Trinajstić information content (AvgIpc) is 2.48. The molecule has 1 N–H and O–H groups in total. The first-order chi connectivity index (χ1) is 11.0. The molecule has 2 aromatic carbocycles. The van der Waals surface area contributed by atoms with Gasteiger partial charge >= 0.3 is 0 Å². The van der Waals surface area contributed by atoms with Crippen molar-refractivity contribution in [3.8, 4) is 5.75 Å². The van der Waals surface area contributed by atoms with Gasteiger partial charge in [0.2, 0.25) is 5.91 Å². The van der Waals surface area contributed by atoms with E-state index in [0.717, 1.165) is 4.47 Å². The molecule has 0 atom stereocenters. The molecule has 122 valence electrons. The molecule has 0 heterocycles. The minimum absolute atomic E-state index is 0.125. The van der Waals surface area contributed by atoms with Crippen molar-refractivity contribution in [2.45, 2.75) is 12.8 Å². The molecule has 2 aromatic rings. The van der Waals surface area contributed by atoms with Crippen molar-refractivity contribution in [1.82, 2.24) is 0 Å². The fourth-order valence-corrected chi connectivity index (χ4v) is 2.99. The maximum Gasteiger partial charge on any atom is 0.224 e. The van der Waals surface area contributed by atoms with Gasteiger partial charge in [0.25, 0.3) is 0 Å². The van der Waals surface area contributed by atoms with Gasteiger partial charge in [-0.1, -0.05) is 50.7 Å². The topological polar surface area (TPSA) is 38.3 Å². The van der Waals surface area contributed by atoms with E-state index in [1.165, 1.54) is 0 Å². The number of hydrogen-bond acceptors (Lipinski definition) is 2. The Bertz CT molecular complexity index is 710. The summed E-state index contributed by atoms with van der Waals surface area (Å²) >= 11 is 21.2. The first kappa shape index (κ1) is 18.4. The van der Waals surface area contributed by atoms with Crippen molar-refractivity contribution >= 4 is 62.3 Å². The summed E-state index contributed by atoms with van der Waals surface area (Å²) in [6, 6.07) is 10.3. The summed E-state index contributed by atoms with van der Waals surface area (Å²) in [6.45, 7) is 0.378. The van der Waals surface area contributed by atoms with Crippen molar-refractivity contribution in [1.29, 1.82) is 0 Å². The van der Waals surface area contributed by atoms with Crippen LogP contribution in [0.2, 0.25) is 15.1 Å². The predicted octanol–water partition coefficient (Wildman–Crippen LogP) is 6.21. The third-order valence-corrected chi connectivity index (χ3v) is 4.24. The number of ether oxygens (including phenoxy) is 1. The molecule has 7 heteroatoms. The second kappa shape index (κ2) is 8.78. The van der Waals surface area contributed by atoms with Crippen LogP contribution < -0.4 is 10.1 Å². The summed E-state index contributed by atoms with van der Waals surface area (Å²) in [5.74, 6) is 0.424. The van der Waals surface area contributed by atoms with E-state index in [9.17, 15) is 4.79 Å². The molecule has 0 fully saturated rings. The Morgan fingerprint density at radius 3 is 2.57 bits per heavy atom. The maximum atomic E-state index is 11.9. The van der Waals surface area contributed by atoms with Crippen LogP contribution in [0.4, 0.5) is 5.69 Å². The van der Waals surface area contributed by atoms with Gasteiger partial charge in [-0.2, -0.15) is 0 Å². The second-order valence-electron chi connectivity index (χ2n) is 4.70. The molecule has 0 bridgehead atoms. The molecule has 0 aliphatic carbocycles. The lowest BCUT2D eigenvalue weighted by Crippen LogP contribution is -2.13. The fraction of sp³-hybridized carbons (Fsp3) is 0.188. The highest BCUT2D eigenvalue weighted by Gasteiger charge is 2.07. The summed E-state index contributed by atoms with van der Waals surface area (Å²) in [4.78, 5) is 11.9. The zero-order valence-electron chi connectivity index (χ0n) is 11.9. The zero-order chi connectivity index (χ0) is 16.8. The molecular formula is C16H13BrCl3NO2. The minimum Gasteiger partial charge on any atom is -0.492 e. The molecule has 0 aliphatic rings. The van der Waals surface area contributed by atoms with Gasteiger partial charge in [-0.15, -0.1) is 0 Å². The zero-order valence-corrected chi connectivity index (χ0v) is 15.8. The maximum absolute atomic E-state index is 11.9. The lowest BCUT2D eigenvalue weighted by molar-refractivity contribution is -0.116. The van der Waals surface area contributed by atoms with Gasteiger partial charge in [0, 0.05) is 15.9 Å². The van der Waals surface area contributed by atoms with Crippen LogP contribution in [0, 0.1) is 0 Å². The Labute approximate surface area is 158 Å². The molecule has 0 aromatic heterocycles. The second-order valence-corrected chi connectivity index (χ2v) is 6.87. The predicted molar refractivity (Wildman–Crippen MR) is 99.0 cm³/mol. The van der Waals surface area contributed by atoms with Crippen LogP contribution >= 0.6 is 50.7 Å². The molecule has 0 saturated carbocycles. The number of amides is 1. The highest BCUT2D eigenvalue weighted by atomic mass is 79.9. The smallest absolute Gasteiger partial charge is 0.224 e. The minimum atomic E-state index is -0.125. The molecule has 3 nitrogen and oxygen atoms in total. The van der Waals surface area contributed by atoms with Gasteiger partial charge in [0.15, 0.2) is 0 Å². The van der Waals surface area contributed by atoms with Crippen LogP contribution in [0.3, 0.4) is 0 Å². The number of anilines is 1. The van der Waals surface area contributed by atoms with E-state index in [0.29, 0.717) is 46.0 Å². The van der Waals surface area contributed by atoms with E-state index >= 15 is 0 Å². The molecule has 0 radical (unpaired) electrons. The van der Waals surface area contributed by atoms with E-state index in [4.69, 9.17) is 39.5 Å². The van der Waals surface area contributed by atoms with Gasteiger partial charge in [-0.3, -0.25) is 4.79 Å². The lowest BCUT2D eigenvalue weighted by atomic mass is 10.2. The summed E-state index contributed by atoms with van der Waals surface area (Å²) < 4.78 is 6.38. The first-order valence-corrected chi connectivity index (χ1v) is 8.71. The average molecular weight is 438 g/mol. The van der Waals surface area contributed by atoms with Crippen LogP contribution in [0.15, 0.2) is 40.9 Å². The van der Waals surface area contributed by atoms with Crippen molar-refractivity contribution in [2.24, 2.45) is 0 Å². The van der Waals surface area contributed by atoms with Crippen LogP contribution in [0.1, 0.15) is 12.8 Å². The molecule has 0 unspecified atom stereocenters. The number of carbonyl (C=O) groups is 1. The third kappa shape index (κ3) is 5.88. The van der Waals surface area contributed by atoms with Crippen LogP contribution in [-0.2, 0) is 4.79 Å². The molecule has 1 amide bonds. The Morgan fingerprint density at radius 2 is 1.87 bits per heavy atom. The number of rotatable bonds is 6. The van der Waals surface area contributed by atoms with Gasteiger partial charge in [0.05, 0.1) is 22.3 Å². The Morgan fingerprint density at radius 1 is 1.09 bits per heavy atom. The van der Waals surface area contributed by atoms with Crippen LogP contribution in [0.25, 0.3) is 0 Å². The molecule has 0 spiro atoms. The van der Waals surface area contributed by atoms with Gasteiger partial charge in [-0.05, 0) is 42.8 Å². The number of nitrogens with one attached hydrogen (secondary N) is 1. The van der Waals surface area contributed by atoms with Gasteiger partial charge in [-0.25, -0.2) is 0 Å². The standard InChI is InChI=1S/C16H13BrCl3NO2/c17-10-3-5-14(12(19)8-10)21-16(22)2-1-7-23-15-6-4-11(18)9-13(15)20/h3-6,8-9H,1-2,7H2,(H,21,22). The lowest BCUT2D eigenvalue weighted by Gasteiger charge is -2.09. The number of benzene rings is 2. The highest BCUT2D eigenvalue weighted by Crippen LogP contribution is 2.28. The fourth-order valence-electron chi connectivity index (χ4n) is 1.81. The third-order valence-electron chi connectivity index (χ3n) is 2.90. The summed E-state index contributed by atoms with van der Waals surface area (Å²) in [5.41, 5.74) is 0.585. The summed E-state index contributed by atoms with van der Waals surface area (Å²) in [6.07, 6.45) is 0.872. The summed E-state index contributed by atoms with van der Waals surface area (Å²) in [5, 5.41) is 4.24. The SMILES string of the molecule is O=C(CCCOc1ccc(Cl)cc1Cl)Nc1ccc(Br)cc1Cl. The monoisotopic (exact) mass is 435 g/mol. The number of hydrogen-bond donors (Lipinski definition) is 1. The Kier molecular flexibility index (Phi) is 7.03. The van der Waals surface area contributed by atoms with E-state index < -0.39 is 0 Å². The van der Waals surface area contributed by atoms with Crippen molar-refractivity contribution in [3.63, 3.8) is 0 Å². The summed E-state index contributed by atoms with van der Waals surface area (Å²) in [7, 11) is 0. The van der Waals surface area contributed by atoms with Crippen LogP contribution in [0.5, 0.6) is 5.75 Å². The Balaban J connectivity index is 1.76. The normalized spacial score (nSPS) is 10.4. The van der Waals surface area contributed by atoms with Gasteiger partial charge in [0.1, 0.15) is 5.75 Å². The van der Waals surface area contributed by atoms with Crippen molar-refractivity contribution in [3.05, 3.63) is 55.9 Å². The van der Waals surface area contributed by atoms with Crippen molar-refractivity contribution < 1.29 is 9.53 Å². The molecule has 2 rings (SSSR count). The number of halogens is 4. The molecular weight excluding hydrogens is 424 g/mol. The van der Waals surface area contributed by atoms with E-state index in [2.05, 4.69) is 21.2 Å². The Hall–Kier alpha value is -0.940. The van der Waals surface area contributed by atoms with Crippen molar-refractivity contribution in [2.75, 3.05) is 11.9 Å². The largest absolute Gasteiger partial charge is 0.492 e.